The van der Waals surface area contributed by atoms with Crippen molar-refractivity contribution >= 4 is 39.6 Å². The first-order valence-corrected chi connectivity index (χ1v) is 2.75. The summed E-state index contributed by atoms with van der Waals surface area (Å²) in [4.78, 5) is 8.56. The molecular weight excluding hydrogens is 219 g/mol. The van der Waals surface area contributed by atoms with Gasteiger partial charge in [0.25, 0.3) is 0 Å². The van der Waals surface area contributed by atoms with Gasteiger partial charge in [0.1, 0.15) is 0 Å². The topological polar surface area (TPSA) is 132 Å². The average molecular weight is 227 g/mol. The second kappa shape index (κ2) is 11.5. The minimum Gasteiger partial charge on any atom is -1.00 e. The molecule has 0 radical (unpaired) electrons. The third kappa shape index (κ3) is 442. The summed E-state index contributed by atoms with van der Waals surface area (Å²) in [6.45, 7) is 0. The molecule has 0 amide bonds. The molecule has 10 heteroatoms. The summed E-state index contributed by atoms with van der Waals surface area (Å²) in [7, 11) is -4.67. The van der Waals surface area contributed by atoms with Crippen LogP contribution in [0.5, 0.6) is 0 Å². The number of hydrogen-bond acceptors (Lipinski definition) is 3. The Bertz CT molecular complexity index is 171. The molecular formula is CH7KMgO7S. The van der Waals surface area contributed by atoms with Crippen molar-refractivity contribution in [1.82, 2.24) is 0 Å². The van der Waals surface area contributed by atoms with Crippen LogP contribution in [0.15, 0.2) is 0 Å². The van der Waals surface area contributed by atoms with E-state index in [1.54, 1.807) is 0 Å². The van der Waals surface area contributed by atoms with Crippen molar-refractivity contribution in [3.05, 3.63) is 0 Å². The van der Waals surface area contributed by atoms with Gasteiger partial charge in [0.15, 0.2) is 0 Å². The molecule has 7 nitrogen and oxygen atoms in total. The molecule has 0 aromatic heterocycles. The number of rotatable bonds is 0. The zero-order valence-electron chi connectivity index (χ0n) is 8.63. The molecule has 4 N–H and O–H groups in total. The third-order valence-electron chi connectivity index (χ3n) is 0. The van der Waals surface area contributed by atoms with E-state index in [0.717, 1.165) is 0 Å². The maximum absolute atomic E-state index is 8.74. The molecule has 0 bridgehead atoms. The predicted molar refractivity (Wildman–Crippen MR) is 33.9 cm³/mol. The van der Waals surface area contributed by atoms with Crippen molar-refractivity contribution in [3.63, 3.8) is 0 Å². The Kier molecular flexibility index (Phi) is 24.0. The molecule has 0 heterocycles. The van der Waals surface area contributed by atoms with Gasteiger partial charge in [-0.05, 0) is 0 Å². The van der Waals surface area contributed by atoms with Crippen LogP contribution in [0.4, 0.5) is 4.79 Å². The Morgan fingerprint density at radius 1 is 1.18 bits per heavy atom. The summed E-state index contributed by atoms with van der Waals surface area (Å²) in [6, 6.07) is 0. The van der Waals surface area contributed by atoms with Crippen LogP contribution < -0.4 is 51.4 Å². The second-order valence-electron chi connectivity index (χ2n) is 0.730. The van der Waals surface area contributed by atoms with Crippen molar-refractivity contribution < 1.29 is 88.2 Å². The molecule has 0 rings (SSSR count). The van der Waals surface area contributed by atoms with E-state index >= 15 is 0 Å². The minimum absolute atomic E-state index is 0. The molecule has 0 saturated heterocycles. The molecule has 0 aromatic carbocycles. The largest absolute Gasteiger partial charge is 2.00 e. The molecule has 0 unspecified atom stereocenters. The number of hydrogen-bond donors (Lipinski definition) is 4. The van der Waals surface area contributed by atoms with E-state index in [9.17, 15) is 0 Å². The Balaban J connectivity index is -0.0000000104. The van der Waals surface area contributed by atoms with E-state index in [2.05, 4.69) is 0 Å². The van der Waals surface area contributed by atoms with Crippen LogP contribution in [-0.2, 0) is 10.4 Å². The van der Waals surface area contributed by atoms with Gasteiger partial charge in [-0.15, -0.1) is 0 Å². The molecule has 0 aliphatic heterocycles. The van der Waals surface area contributed by atoms with Crippen molar-refractivity contribution in [3.8, 4) is 0 Å². The summed E-state index contributed by atoms with van der Waals surface area (Å²) in [5, 5.41) is 13.9. The molecule has 0 aliphatic rings. The Hall–Kier alpha value is 1.54. The van der Waals surface area contributed by atoms with Crippen molar-refractivity contribution in [2.75, 3.05) is 0 Å². The van der Waals surface area contributed by atoms with E-state index in [0.29, 0.717) is 0 Å². The van der Waals surface area contributed by atoms with Gasteiger partial charge >= 0.3 is 91.0 Å². The van der Waals surface area contributed by atoms with E-state index < -0.39 is 16.6 Å². The maximum atomic E-state index is 8.74. The average Bonchev–Trinajstić information content (AvgIpc) is 1.19. The first-order valence-electron chi connectivity index (χ1n) is 1.35. The third-order valence-corrected chi connectivity index (χ3v) is 0. The fourth-order valence-electron chi connectivity index (χ4n) is 0. The van der Waals surface area contributed by atoms with E-state index in [1.165, 1.54) is 0 Å². The number of carbonyl (C=O) groups is 1. The fourth-order valence-corrected chi connectivity index (χ4v) is 0. The van der Waals surface area contributed by atoms with Gasteiger partial charge in [-0.2, -0.15) is 8.42 Å². The molecule has 0 spiro atoms. The molecule has 0 aromatic rings. The standard InChI is InChI=1S/CH2O3.K.Mg.H2O4S.3H/c2-1(3)4;;;1-5(2,3)4;;;/h(H2,2,3,4);;;(H2,1,2,3,4);;;/q;+1;+2;;3*-1. The second-order valence-corrected chi connectivity index (χ2v) is 1.63. The van der Waals surface area contributed by atoms with Gasteiger partial charge in [-0.25, -0.2) is 4.79 Å². The SMILES string of the molecule is O=C(O)O.O=S(=O)(O)O.[H-].[H-].[H-].[K+].[Mg+2]. The van der Waals surface area contributed by atoms with Crippen LogP contribution in [0, 0.1) is 0 Å². The Morgan fingerprint density at radius 3 is 1.18 bits per heavy atom. The van der Waals surface area contributed by atoms with Crippen LogP contribution in [0.3, 0.4) is 0 Å². The molecule has 0 fully saturated rings. The first-order chi connectivity index (χ1) is 3.73. The maximum Gasteiger partial charge on any atom is 2.00 e. The van der Waals surface area contributed by atoms with Crippen LogP contribution in [0.2, 0.25) is 0 Å². The summed E-state index contributed by atoms with van der Waals surface area (Å²) in [6.07, 6.45) is -1.83. The Morgan fingerprint density at radius 2 is 1.18 bits per heavy atom. The summed E-state index contributed by atoms with van der Waals surface area (Å²) in [5.74, 6) is 0. The normalized spacial score (nSPS) is 7.45. The van der Waals surface area contributed by atoms with Crippen LogP contribution >= 0.6 is 0 Å². The van der Waals surface area contributed by atoms with E-state index in [4.69, 9.17) is 32.5 Å². The molecule has 0 saturated carbocycles. The van der Waals surface area contributed by atoms with Crippen LogP contribution in [0.25, 0.3) is 0 Å². The zero-order chi connectivity index (χ0) is 8.08. The van der Waals surface area contributed by atoms with Crippen LogP contribution in [0.1, 0.15) is 4.28 Å². The van der Waals surface area contributed by atoms with Gasteiger partial charge in [0.2, 0.25) is 0 Å². The smallest absolute Gasteiger partial charge is 1.00 e. The summed E-state index contributed by atoms with van der Waals surface area (Å²) < 4.78 is 31.6. The molecule has 62 valence electrons. The van der Waals surface area contributed by atoms with Gasteiger partial charge in [0, 0.05) is 0 Å². The van der Waals surface area contributed by atoms with Crippen LogP contribution in [-0.4, -0.2) is 56.9 Å². The first kappa shape index (κ1) is 22.9. The van der Waals surface area contributed by atoms with Gasteiger partial charge in [-0.3, -0.25) is 9.11 Å². The Labute approximate surface area is 126 Å². The van der Waals surface area contributed by atoms with Gasteiger partial charge in [-0.1, -0.05) is 0 Å². The zero-order valence-corrected chi connectivity index (χ0v) is 11.0. The van der Waals surface area contributed by atoms with Crippen molar-refractivity contribution in [2.45, 2.75) is 0 Å². The molecule has 0 atom stereocenters. The van der Waals surface area contributed by atoms with E-state index in [1.807, 2.05) is 0 Å². The fraction of sp³-hybridized carbons (Fsp3) is 0. The monoisotopic (exact) mass is 226 g/mol. The van der Waals surface area contributed by atoms with E-state index in [-0.39, 0.29) is 78.7 Å². The minimum atomic E-state index is -4.67. The summed E-state index contributed by atoms with van der Waals surface area (Å²) >= 11 is 0. The quantitative estimate of drug-likeness (QED) is 0.249. The van der Waals surface area contributed by atoms with Crippen molar-refractivity contribution in [1.29, 1.82) is 0 Å². The predicted octanol–water partition coefficient (Wildman–Crippen LogP) is -3.47. The molecule has 0 aliphatic carbocycles. The van der Waals surface area contributed by atoms with Gasteiger partial charge < -0.3 is 14.5 Å². The summed E-state index contributed by atoms with van der Waals surface area (Å²) in [5.41, 5.74) is 0. The van der Waals surface area contributed by atoms with Crippen molar-refractivity contribution in [2.24, 2.45) is 0 Å². The van der Waals surface area contributed by atoms with Gasteiger partial charge in [0.05, 0.1) is 0 Å². The number of carboxylic acid groups (broad SMARTS) is 2. The molecule has 11 heavy (non-hydrogen) atoms.